The summed E-state index contributed by atoms with van der Waals surface area (Å²) in [5, 5.41) is 15.4. The molecule has 0 aliphatic heterocycles. The van der Waals surface area contributed by atoms with Crippen molar-refractivity contribution in [2.75, 3.05) is 20.2 Å². The van der Waals surface area contributed by atoms with Gasteiger partial charge in [0.2, 0.25) is 5.91 Å². The van der Waals surface area contributed by atoms with Gasteiger partial charge in [-0.25, -0.2) is 9.59 Å². The first-order valence-corrected chi connectivity index (χ1v) is 14.3. The molecule has 1 saturated carbocycles. The minimum absolute atomic E-state index is 0.0222. The van der Waals surface area contributed by atoms with Crippen molar-refractivity contribution in [3.8, 4) is 11.1 Å². The van der Waals surface area contributed by atoms with Crippen molar-refractivity contribution < 1.29 is 24.2 Å². The maximum atomic E-state index is 13.1. The summed E-state index contributed by atoms with van der Waals surface area (Å²) in [4.78, 5) is 39.7. The monoisotopic (exact) mass is 555 g/mol. The van der Waals surface area contributed by atoms with Crippen molar-refractivity contribution in [1.82, 2.24) is 15.5 Å². The molecule has 8 nitrogen and oxygen atoms in total. The minimum Gasteiger partial charge on any atom is -0.480 e. The lowest BCUT2D eigenvalue weighted by atomic mass is 9.85. The molecule has 2 amide bonds. The predicted molar refractivity (Wildman–Crippen MR) is 156 cm³/mol. The van der Waals surface area contributed by atoms with E-state index in [0.29, 0.717) is 19.4 Å². The number of hydrogen-bond acceptors (Lipinski definition) is 5. The first-order chi connectivity index (χ1) is 19.9. The molecular weight excluding hydrogens is 518 g/mol. The largest absolute Gasteiger partial charge is 0.480 e. The quantitative estimate of drug-likeness (QED) is 0.332. The fourth-order valence-electron chi connectivity index (χ4n) is 6.11. The van der Waals surface area contributed by atoms with Crippen LogP contribution in [0.3, 0.4) is 0 Å². The van der Waals surface area contributed by atoms with Crippen LogP contribution >= 0.6 is 0 Å². The van der Waals surface area contributed by atoms with Gasteiger partial charge in [-0.05, 0) is 54.1 Å². The smallest absolute Gasteiger partial charge is 0.407 e. The van der Waals surface area contributed by atoms with Gasteiger partial charge in [0.15, 0.2) is 0 Å². The Labute approximate surface area is 240 Å². The minimum atomic E-state index is -1.07. The number of benzene rings is 3. The van der Waals surface area contributed by atoms with Gasteiger partial charge in [-0.2, -0.15) is 0 Å². The number of likely N-dealkylation sites (N-methyl/N-ethyl adjacent to an activating group) is 1. The van der Waals surface area contributed by atoms with Crippen LogP contribution in [0.5, 0.6) is 0 Å². The highest BCUT2D eigenvalue weighted by Gasteiger charge is 2.32. The van der Waals surface area contributed by atoms with Gasteiger partial charge in [-0.3, -0.25) is 9.69 Å². The van der Waals surface area contributed by atoms with Gasteiger partial charge in [0, 0.05) is 31.0 Å². The van der Waals surface area contributed by atoms with Crippen molar-refractivity contribution in [3.05, 3.63) is 95.6 Å². The number of amides is 2. The lowest BCUT2D eigenvalue weighted by Gasteiger charge is -2.30. The fraction of sp³-hybridized carbons (Fsp3) is 0.364. The van der Waals surface area contributed by atoms with Gasteiger partial charge in [0.25, 0.3) is 0 Å². The number of carboxylic acid groups (broad SMARTS) is 1. The van der Waals surface area contributed by atoms with Crippen LogP contribution in [0.25, 0.3) is 11.1 Å². The molecule has 8 heteroatoms. The number of nitrogens with one attached hydrogen (secondary N) is 2. The van der Waals surface area contributed by atoms with E-state index in [1.54, 1.807) is 0 Å². The summed E-state index contributed by atoms with van der Waals surface area (Å²) in [6, 6.07) is 24.9. The van der Waals surface area contributed by atoms with E-state index < -0.39 is 18.1 Å². The van der Waals surface area contributed by atoms with E-state index >= 15 is 0 Å². The van der Waals surface area contributed by atoms with Gasteiger partial charge in [-0.15, -0.1) is 0 Å². The van der Waals surface area contributed by atoms with Crippen LogP contribution < -0.4 is 10.6 Å². The number of hydrogen-bond donors (Lipinski definition) is 3. The summed E-state index contributed by atoms with van der Waals surface area (Å²) in [5.74, 6) is -1.75. The lowest BCUT2D eigenvalue weighted by molar-refractivity contribution is -0.143. The zero-order valence-electron chi connectivity index (χ0n) is 23.3. The highest BCUT2D eigenvalue weighted by molar-refractivity contribution is 5.85. The molecule has 214 valence electrons. The van der Waals surface area contributed by atoms with E-state index in [1.807, 2.05) is 66.5 Å². The molecule has 0 bridgehead atoms. The SMILES string of the molecule is CN(Cc1ccccc1)CC(NC(=O)[C@H]1CCC[C@@H](NC(=O)OCC2c3ccccc3-c3ccccc32)C1)C(=O)O. The zero-order valence-corrected chi connectivity index (χ0v) is 23.3. The maximum Gasteiger partial charge on any atom is 0.407 e. The summed E-state index contributed by atoms with van der Waals surface area (Å²) in [6.45, 7) is 0.994. The normalized spacial score (nSPS) is 18.7. The topological polar surface area (TPSA) is 108 Å². The Balaban J connectivity index is 1.12. The summed E-state index contributed by atoms with van der Waals surface area (Å²) >= 11 is 0. The predicted octanol–water partition coefficient (Wildman–Crippen LogP) is 4.79. The molecule has 0 saturated heterocycles. The van der Waals surface area contributed by atoms with Crippen molar-refractivity contribution in [3.63, 3.8) is 0 Å². The Bertz CT molecular complexity index is 1330. The average Bonchev–Trinajstić information content (AvgIpc) is 3.30. The number of carboxylic acids is 1. The Morgan fingerprint density at radius 1 is 0.927 bits per heavy atom. The van der Waals surface area contributed by atoms with E-state index in [1.165, 1.54) is 11.1 Å². The van der Waals surface area contributed by atoms with E-state index in [2.05, 4.69) is 34.9 Å². The second-order valence-corrected chi connectivity index (χ2v) is 11.1. The molecule has 3 aromatic rings. The molecule has 3 aromatic carbocycles. The summed E-state index contributed by atoms with van der Waals surface area (Å²) in [6.07, 6.45) is 2.11. The Morgan fingerprint density at radius 3 is 2.22 bits per heavy atom. The van der Waals surface area contributed by atoms with Crippen LogP contribution in [-0.2, 0) is 20.9 Å². The molecular formula is C33H37N3O5. The molecule has 0 heterocycles. The first kappa shape index (κ1) is 28.4. The van der Waals surface area contributed by atoms with Crippen LogP contribution in [0.1, 0.15) is 48.3 Å². The molecule has 3 N–H and O–H groups in total. The molecule has 0 aromatic heterocycles. The van der Waals surface area contributed by atoms with E-state index in [9.17, 15) is 19.5 Å². The van der Waals surface area contributed by atoms with Gasteiger partial charge in [0.05, 0.1) is 0 Å². The number of nitrogens with zero attached hydrogens (tertiary/aromatic N) is 1. The Hall–Kier alpha value is -4.17. The van der Waals surface area contributed by atoms with E-state index in [-0.39, 0.29) is 36.9 Å². The third kappa shape index (κ3) is 6.95. The van der Waals surface area contributed by atoms with Crippen molar-refractivity contribution >= 4 is 18.0 Å². The van der Waals surface area contributed by atoms with Crippen LogP contribution in [0, 0.1) is 5.92 Å². The molecule has 1 unspecified atom stereocenters. The lowest BCUT2D eigenvalue weighted by Crippen LogP contribution is -2.50. The average molecular weight is 556 g/mol. The highest BCUT2D eigenvalue weighted by atomic mass is 16.5. The van der Waals surface area contributed by atoms with Crippen molar-refractivity contribution in [2.45, 2.75) is 50.2 Å². The van der Waals surface area contributed by atoms with Gasteiger partial charge < -0.3 is 20.5 Å². The second-order valence-electron chi connectivity index (χ2n) is 11.1. The van der Waals surface area contributed by atoms with E-state index in [4.69, 9.17) is 4.74 Å². The molecule has 2 aliphatic rings. The third-order valence-corrected chi connectivity index (χ3v) is 8.11. The number of carbonyl (C=O) groups is 3. The van der Waals surface area contributed by atoms with Crippen LogP contribution in [-0.4, -0.2) is 60.3 Å². The number of alkyl carbamates (subject to hydrolysis) is 1. The van der Waals surface area contributed by atoms with Crippen LogP contribution in [0.2, 0.25) is 0 Å². The number of aliphatic carboxylic acids is 1. The maximum absolute atomic E-state index is 13.1. The molecule has 5 rings (SSSR count). The Morgan fingerprint density at radius 2 is 1.56 bits per heavy atom. The molecule has 41 heavy (non-hydrogen) atoms. The van der Waals surface area contributed by atoms with Crippen molar-refractivity contribution in [1.29, 1.82) is 0 Å². The van der Waals surface area contributed by atoms with Crippen molar-refractivity contribution in [2.24, 2.45) is 5.92 Å². The molecule has 3 atom stereocenters. The fourth-order valence-corrected chi connectivity index (χ4v) is 6.11. The molecule has 2 aliphatic carbocycles. The highest BCUT2D eigenvalue weighted by Crippen LogP contribution is 2.44. The second kappa shape index (κ2) is 13.0. The number of carbonyl (C=O) groups excluding carboxylic acids is 2. The van der Waals surface area contributed by atoms with Crippen LogP contribution in [0.4, 0.5) is 4.79 Å². The standard InChI is InChI=1S/C33H37N3O5/c1-36(19-22-10-3-2-4-11-22)20-30(32(38)39)35-31(37)23-12-9-13-24(18-23)34-33(40)41-21-29-27-16-7-5-14-25(27)26-15-6-8-17-28(26)29/h2-8,10-11,14-17,23-24,29-30H,9,12-13,18-21H2,1H3,(H,34,40)(H,35,37)(H,38,39)/t23-,24+,30?/m0/s1. The van der Waals surface area contributed by atoms with E-state index in [0.717, 1.165) is 29.5 Å². The first-order valence-electron chi connectivity index (χ1n) is 14.3. The Kier molecular flexibility index (Phi) is 8.99. The van der Waals surface area contributed by atoms with Gasteiger partial charge in [-0.1, -0.05) is 85.3 Å². The number of rotatable bonds is 10. The molecule has 0 radical (unpaired) electrons. The molecule has 1 fully saturated rings. The number of fused-ring (bicyclic) bond motifs is 3. The van der Waals surface area contributed by atoms with Gasteiger partial charge >= 0.3 is 12.1 Å². The summed E-state index contributed by atoms with van der Waals surface area (Å²) < 4.78 is 5.69. The summed E-state index contributed by atoms with van der Waals surface area (Å²) in [5.41, 5.74) is 5.71. The number of ether oxygens (including phenoxy) is 1. The van der Waals surface area contributed by atoms with Gasteiger partial charge in [0.1, 0.15) is 12.6 Å². The summed E-state index contributed by atoms with van der Waals surface area (Å²) in [7, 11) is 1.84. The van der Waals surface area contributed by atoms with Crippen LogP contribution in [0.15, 0.2) is 78.9 Å². The zero-order chi connectivity index (χ0) is 28.8. The third-order valence-electron chi connectivity index (χ3n) is 8.11. The molecule has 0 spiro atoms.